The number of carbonyl (C=O) groups excluding carboxylic acids is 1. The van der Waals surface area contributed by atoms with Crippen molar-refractivity contribution in [2.24, 2.45) is 5.92 Å². The fraction of sp³-hybridized carbons (Fsp3) is 0.583. The zero-order chi connectivity index (χ0) is 13.4. The maximum atomic E-state index is 11.4. The van der Waals surface area contributed by atoms with Gasteiger partial charge in [-0.25, -0.2) is 9.97 Å². The molecule has 2 fully saturated rings. The summed E-state index contributed by atoms with van der Waals surface area (Å²) in [6.07, 6.45) is 3.88. The van der Waals surface area contributed by atoms with Crippen LogP contribution in [0.15, 0.2) is 6.33 Å². The zero-order valence-electron chi connectivity index (χ0n) is 10.5. The summed E-state index contributed by atoms with van der Waals surface area (Å²) < 4.78 is 0. The second kappa shape index (κ2) is 4.85. The second-order valence-electron chi connectivity index (χ2n) is 5.10. The molecular formula is C12H16ClN5O. The molecule has 0 saturated carbocycles. The molecular weight excluding hydrogens is 266 g/mol. The molecule has 0 aromatic carbocycles. The smallest absolute Gasteiger partial charge is 0.220 e. The Kier molecular flexibility index (Phi) is 3.18. The number of halogens is 1. The van der Waals surface area contributed by atoms with E-state index in [0.717, 1.165) is 25.9 Å². The number of amides is 1. The molecule has 19 heavy (non-hydrogen) atoms. The molecule has 2 aliphatic heterocycles. The molecule has 3 rings (SSSR count). The van der Waals surface area contributed by atoms with E-state index in [9.17, 15) is 4.79 Å². The molecule has 0 radical (unpaired) electrons. The highest BCUT2D eigenvalue weighted by Crippen LogP contribution is 2.32. The van der Waals surface area contributed by atoms with Gasteiger partial charge in [0.15, 0.2) is 5.82 Å². The number of nitrogen functional groups attached to an aromatic ring is 1. The van der Waals surface area contributed by atoms with Gasteiger partial charge in [-0.2, -0.15) is 0 Å². The SMILES string of the molecule is Nc1ncnc(N2CCC3NC(=O)CCC3C2)c1Cl. The third-order valence-corrected chi connectivity index (χ3v) is 4.28. The lowest BCUT2D eigenvalue weighted by Crippen LogP contribution is -2.54. The van der Waals surface area contributed by atoms with E-state index >= 15 is 0 Å². The quantitative estimate of drug-likeness (QED) is 0.796. The molecule has 2 atom stereocenters. The predicted molar refractivity (Wildman–Crippen MR) is 72.9 cm³/mol. The van der Waals surface area contributed by atoms with E-state index in [1.807, 2.05) is 0 Å². The van der Waals surface area contributed by atoms with Crippen molar-refractivity contribution in [3.05, 3.63) is 11.3 Å². The van der Waals surface area contributed by atoms with Gasteiger partial charge in [-0.15, -0.1) is 0 Å². The van der Waals surface area contributed by atoms with Crippen LogP contribution in [0.5, 0.6) is 0 Å². The van der Waals surface area contributed by atoms with Gasteiger partial charge in [-0.1, -0.05) is 11.6 Å². The second-order valence-corrected chi connectivity index (χ2v) is 5.48. The van der Waals surface area contributed by atoms with Crippen molar-refractivity contribution in [3.8, 4) is 0 Å². The number of rotatable bonds is 1. The number of nitrogens with zero attached hydrogens (tertiary/aromatic N) is 3. The van der Waals surface area contributed by atoms with Crippen molar-refractivity contribution in [2.45, 2.75) is 25.3 Å². The number of nitrogens with two attached hydrogens (primary N) is 1. The Hall–Kier alpha value is -1.56. The maximum Gasteiger partial charge on any atom is 0.220 e. The Labute approximate surface area is 116 Å². The Balaban J connectivity index is 1.78. The zero-order valence-corrected chi connectivity index (χ0v) is 11.2. The van der Waals surface area contributed by atoms with Crippen molar-refractivity contribution in [1.82, 2.24) is 15.3 Å². The monoisotopic (exact) mass is 281 g/mol. The van der Waals surface area contributed by atoms with Crippen molar-refractivity contribution in [3.63, 3.8) is 0 Å². The number of piperidine rings is 2. The van der Waals surface area contributed by atoms with Gasteiger partial charge in [0, 0.05) is 25.6 Å². The van der Waals surface area contributed by atoms with Crippen LogP contribution in [0.1, 0.15) is 19.3 Å². The molecule has 3 heterocycles. The number of nitrogens with one attached hydrogen (secondary N) is 1. The first-order valence-corrected chi connectivity index (χ1v) is 6.83. The van der Waals surface area contributed by atoms with Crippen LogP contribution >= 0.6 is 11.6 Å². The summed E-state index contributed by atoms with van der Waals surface area (Å²) in [6.45, 7) is 1.67. The molecule has 0 spiro atoms. The number of aromatic nitrogens is 2. The molecule has 1 aromatic rings. The summed E-state index contributed by atoms with van der Waals surface area (Å²) in [6, 6.07) is 0.287. The summed E-state index contributed by atoms with van der Waals surface area (Å²) in [5, 5.41) is 3.48. The fourth-order valence-corrected chi connectivity index (χ4v) is 3.11. The van der Waals surface area contributed by atoms with E-state index in [1.165, 1.54) is 6.33 Å². The van der Waals surface area contributed by atoms with E-state index < -0.39 is 0 Å². The first-order valence-electron chi connectivity index (χ1n) is 6.45. The highest BCUT2D eigenvalue weighted by molar-refractivity contribution is 6.35. The molecule has 0 bridgehead atoms. The molecule has 102 valence electrons. The van der Waals surface area contributed by atoms with E-state index in [1.54, 1.807) is 0 Å². The van der Waals surface area contributed by atoms with E-state index in [4.69, 9.17) is 17.3 Å². The standard InChI is InChI=1S/C12H16ClN5O/c13-10-11(14)15-6-16-12(10)18-4-3-8-7(5-18)1-2-9(19)17-8/h6-8H,1-5H2,(H,17,19)(H2,14,15,16). The first kappa shape index (κ1) is 12.5. The number of hydrogen-bond acceptors (Lipinski definition) is 5. The van der Waals surface area contributed by atoms with Gasteiger partial charge in [-0.05, 0) is 18.8 Å². The van der Waals surface area contributed by atoms with Gasteiger partial charge in [0.1, 0.15) is 17.2 Å². The summed E-state index contributed by atoms with van der Waals surface area (Å²) in [5.74, 6) is 1.63. The van der Waals surface area contributed by atoms with Crippen LogP contribution in [0.4, 0.5) is 11.6 Å². The highest BCUT2D eigenvalue weighted by Gasteiger charge is 2.34. The third-order valence-electron chi connectivity index (χ3n) is 3.92. The van der Waals surface area contributed by atoms with Crippen molar-refractivity contribution < 1.29 is 4.79 Å². The maximum absolute atomic E-state index is 11.4. The lowest BCUT2D eigenvalue weighted by molar-refractivity contribution is -0.124. The number of anilines is 2. The molecule has 1 aromatic heterocycles. The summed E-state index contributed by atoms with van der Waals surface area (Å²) >= 11 is 6.16. The Morgan fingerprint density at radius 1 is 1.42 bits per heavy atom. The molecule has 2 saturated heterocycles. The van der Waals surface area contributed by atoms with Crippen LogP contribution in [0, 0.1) is 5.92 Å². The van der Waals surface area contributed by atoms with Crippen LogP contribution in [-0.4, -0.2) is 35.0 Å². The van der Waals surface area contributed by atoms with Gasteiger partial charge in [0.25, 0.3) is 0 Å². The Bertz CT molecular complexity index is 509. The van der Waals surface area contributed by atoms with Gasteiger partial charge >= 0.3 is 0 Å². The minimum atomic E-state index is 0.166. The van der Waals surface area contributed by atoms with Gasteiger partial charge < -0.3 is 16.0 Å². The molecule has 1 amide bonds. The van der Waals surface area contributed by atoms with Crippen LogP contribution in [0.2, 0.25) is 5.02 Å². The minimum Gasteiger partial charge on any atom is -0.382 e. The average molecular weight is 282 g/mol. The van der Waals surface area contributed by atoms with Crippen LogP contribution in [0.25, 0.3) is 0 Å². The van der Waals surface area contributed by atoms with Crippen molar-refractivity contribution >= 4 is 29.1 Å². The number of hydrogen-bond donors (Lipinski definition) is 2. The lowest BCUT2D eigenvalue weighted by Gasteiger charge is -2.42. The fourth-order valence-electron chi connectivity index (χ4n) is 2.90. The summed E-state index contributed by atoms with van der Waals surface area (Å²) in [7, 11) is 0. The average Bonchev–Trinajstić information content (AvgIpc) is 2.41. The van der Waals surface area contributed by atoms with E-state index in [-0.39, 0.29) is 11.9 Å². The lowest BCUT2D eigenvalue weighted by atomic mass is 9.85. The molecule has 3 N–H and O–H groups in total. The van der Waals surface area contributed by atoms with Crippen LogP contribution < -0.4 is 16.0 Å². The van der Waals surface area contributed by atoms with E-state index in [2.05, 4.69) is 20.2 Å². The Morgan fingerprint density at radius 3 is 3.11 bits per heavy atom. The number of carbonyl (C=O) groups is 1. The van der Waals surface area contributed by atoms with E-state index in [0.29, 0.717) is 29.0 Å². The van der Waals surface area contributed by atoms with Gasteiger partial charge in [0.05, 0.1) is 0 Å². The molecule has 0 aliphatic carbocycles. The molecule has 6 nitrogen and oxygen atoms in total. The van der Waals surface area contributed by atoms with Crippen molar-refractivity contribution in [1.29, 1.82) is 0 Å². The normalized spacial score (nSPS) is 26.8. The molecule has 2 unspecified atom stereocenters. The topological polar surface area (TPSA) is 84.1 Å². The minimum absolute atomic E-state index is 0.166. The predicted octanol–water partition coefficient (Wildman–Crippen LogP) is 0.817. The molecule has 7 heteroatoms. The third kappa shape index (κ3) is 2.32. The first-order chi connectivity index (χ1) is 9.15. The van der Waals surface area contributed by atoms with Gasteiger partial charge in [0.2, 0.25) is 5.91 Å². The van der Waals surface area contributed by atoms with Crippen LogP contribution in [0.3, 0.4) is 0 Å². The largest absolute Gasteiger partial charge is 0.382 e. The summed E-state index contributed by atoms with van der Waals surface area (Å²) in [5.41, 5.74) is 5.71. The summed E-state index contributed by atoms with van der Waals surface area (Å²) in [4.78, 5) is 21.6. The molecule has 2 aliphatic rings. The highest BCUT2D eigenvalue weighted by atomic mass is 35.5. The number of fused-ring (bicyclic) bond motifs is 1. The van der Waals surface area contributed by atoms with Gasteiger partial charge in [-0.3, -0.25) is 4.79 Å². The van der Waals surface area contributed by atoms with Crippen LogP contribution in [-0.2, 0) is 4.79 Å². The Morgan fingerprint density at radius 2 is 2.26 bits per heavy atom. The van der Waals surface area contributed by atoms with Crippen molar-refractivity contribution in [2.75, 3.05) is 23.7 Å².